The molecule has 3 aromatic carbocycles. The average Bonchev–Trinajstić information content (AvgIpc) is 2.82. The molecule has 0 aliphatic carbocycles. The number of halogens is 2. The maximum Gasteiger partial charge on any atom is 0.329 e. The quantitative estimate of drug-likeness (QED) is 0.208. The van der Waals surface area contributed by atoms with Crippen LogP contribution in [0.25, 0.3) is 0 Å². The number of carbonyl (C=O) groups is 2. The monoisotopic (exact) mass is 557 g/mol. The Morgan fingerprint density at radius 2 is 1.83 bits per heavy atom. The number of hydrogen-bond donors (Lipinski definition) is 2. The molecule has 0 aliphatic rings. The van der Waals surface area contributed by atoms with Crippen LogP contribution in [-0.2, 0) is 16.2 Å². The average molecular weight is 559 g/mol. The van der Waals surface area contributed by atoms with E-state index in [1.807, 2.05) is 51.1 Å². The Morgan fingerprint density at radius 1 is 1.06 bits per heavy atom. The summed E-state index contributed by atoms with van der Waals surface area (Å²) in [4.78, 5) is 24.4. The van der Waals surface area contributed by atoms with E-state index in [1.54, 1.807) is 24.3 Å². The van der Waals surface area contributed by atoms with E-state index >= 15 is 0 Å². The molecule has 0 atom stereocenters. The number of aryl methyl sites for hydroxylation is 2. The summed E-state index contributed by atoms with van der Waals surface area (Å²) in [6, 6.07) is 16.5. The van der Waals surface area contributed by atoms with Crippen molar-refractivity contribution in [2.75, 3.05) is 11.9 Å². The highest BCUT2D eigenvalue weighted by Gasteiger charge is 2.15. The van der Waals surface area contributed by atoms with Gasteiger partial charge in [0.1, 0.15) is 6.61 Å². The summed E-state index contributed by atoms with van der Waals surface area (Å²) in [5.74, 6) is -0.684. The van der Waals surface area contributed by atoms with E-state index in [4.69, 9.17) is 21.1 Å². The molecule has 0 aliphatic heterocycles. The van der Waals surface area contributed by atoms with E-state index in [0.29, 0.717) is 38.9 Å². The molecular formula is C26H25BrClN3O4. The topological polar surface area (TPSA) is 89.0 Å². The maximum atomic E-state index is 12.2. The van der Waals surface area contributed by atoms with Crippen molar-refractivity contribution in [3.63, 3.8) is 0 Å². The molecule has 0 fully saturated rings. The van der Waals surface area contributed by atoms with Crippen molar-refractivity contribution >= 4 is 51.2 Å². The molecule has 2 amide bonds. The van der Waals surface area contributed by atoms with Crippen LogP contribution in [0, 0.1) is 13.8 Å². The Kier molecular flexibility index (Phi) is 9.28. The highest BCUT2D eigenvalue weighted by molar-refractivity contribution is 9.10. The molecule has 182 valence electrons. The molecular weight excluding hydrogens is 534 g/mol. The van der Waals surface area contributed by atoms with Crippen LogP contribution in [0.4, 0.5) is 5.69 Å². The number of anilines is 1. The minimum absolute atomic E-state index is 0.261. The van der Waals surface area contributed by atoms with Crippen molar-refractivity contribution in [2.24, 2.45) is 5.10 Å². The van der Waals surface area contributed by atoms with Gasteiger partial charge >= 0.3 is 11.8 Å². The number of hydrogen-bond acceptors (Lipinski definition) is 5. The van der Waals surface area contributed by atoms with Gasteiger partial charge in [-0.15, -0.1) is 0 Å². The SMILES string of the molecule is CCOc1cc(/C=N/NC(=O)C(=O)Nc2cc(C)ccc2C)cc(Br)c1OCc1ccccc1Cl. The normalized spacial score (nSPS) is 10.8. The smallest absolute Gasteiger partial charge is 0.329 e. The lowest BCUT2D eigenvalue weighted by molar-refractivity contribution is -0.136. The second-order valence-electron chi connectivity index (χ2n) is 7.61. The van der Waals surface area contributed by atoms with E-state index in [9.17, 15) is 9.59 Å². The van der Waals surface area contributed by atoms with Gasteiger partial charge in [0.2, 0.25) is 0 Å². The molecule has 0 saturated carbocycles. The zero-order chi connectivity index (χ0) is 25.4. The van der Waals surface area contributed by atoms with Crippen LogP contribution in [0.15, 0.2) is 64.2 Å². The van der Waals surface area contributed by atoms with Crippen LogP contribution in [-0.4, -0.2) is 24.6 Å². The van der Waals surface area contributed by atoms with Gasteiger partial charge in [-0.3, -0.25) is 9.59 Å². The number of rotatable bonds is 8. The van der Waals surface area contributed by atoms with Gasteiger partial charge in [0.05, 0.1) is 17.3 Å². The lowest BCUT2D eigenvalue weighted by Crippen LogP contribution is -2.32. The first-order valence-electron chi connectivity index (χ1n) is 10.8. The molecule has 0 aromatic heterocycles. The predicted molar refractivity (Wildman–Crippen MR) is 141 cm³/mol. The third kappa shape index (κ3) is 7.31. The van der Waals surface area contributed by atoms with Crippen LogP contribution in [0.2, 0.25) is 5.02 Å². The summed E-state index contributed by atoms with van der Waals surface area (Å²) < 4.78 is 12.3. The van der Waals surface area contributed by atoms with Gasteiger partial charge in [-0.25, -0.2) is 5.43 Å². The van der Waals surface area contributed by atoms with E-state index < -0.39 is 11.8 Å². The van der Waals surface area contributed by atoms with Crippen molar-refractivity contribution in [3.05, 3.63) is 86.3 Å². The first-order chi connectivity index (χ1) is 16.8. The number of nitrogens with zero attached hydrogens (tertiary/aromatic N) is 1. The summed E-state index contributed by atoms with van der Waals surface area (Å²) in [5.41, 5.74) is 6.11. The number of ether oxygens (including phenoxy) is 2. The zero-order valence-corrected chi connectivity index (χ0v) is 21.9. The van der Waals surface area contributed by atoms with E-state index in [1.165, 1.54) is 6.21 Å². The molecule has 0 unspecified atom stereocenters. The molecule has 0 heterocycles. The summed E-state index contributed by atoms with van der Waals surface area (Å²) >= 11 is 9.72. The minimum Gasteiger partial charge on any atom is -0.490 e. The Bertz CT molecular complexity index is 1260. The maximum absolute atomic E-state index is 12.2. The number of benzene rings is 3. The second kappa shape index (κ2) is 12.4. The summed E-state index contributed by atoms with van der Waals surface area (Å²) in [7, 11) is 0. The fraction of sp³-hybridized carbons (Fsp3) is 0.192. The number of amides is 2. The Labute approximate surface area is 217 Å². The Hall–Kier alpha value is -3.36. The first kappa shape index (κ1) is 26.2. The van der Waals surface area contributed by atoms with Gasteiger partial charge < -0.3 is 14.8 Å². The molecule has 3 rings (SSSR count). The van der Waals surface area contributed by atoms with Gasteiger partial charge in [-0.05, 0) is 77.7 Å². The van der Waals surface area contributed by atoms with Crippen LogP contribution in [0.1, 0.15) is 29.2 Å². The van der Waals surface area contributed by atoms with Crippen LogP contribution >= 0.6 is 27.5 Å². The Balaban J connectivity index is 1.67. The van der Waals surface area contributed by atoms with Crippen molar-refractivity contribution in [1.29, 1.82) is 0 Å². The molecule has 0 radical (unpaired) electrons. The standard InChI is InChI=1S/C26H25BrClN3O4/c1-4-34-23-13-18(12-20(27)24(23)35-15-19-7-5-6-8-21(19)28)14-29-31-26(33)25(32)30-22-11-16(2)9-10-17(22)3/h5-14H,4,15H2,1-3H3,(H,30,32)(H,31,33)/b29-14+. The molecule has 0 saturated heterocycles. The van der Waals surface area contributed by atoms with Crippen LogP contribution < -0.4 is 20.2 Å². The molecule has 7 nitrogen and oxygen atoms in total. The predicted octanol–water partition coefficient (Wildman–Crippen LogP) is 5.79. The van der Waals surface area contributed by atoms with Gasteiger partial charge in [0.25, 0.3) is 0 Å². The molecule has 9 heteroatoms. The lowest BCUT2D eigenvalue weighted by Gasteiger charge is -2.15. The van der Waals surface area contributed by atoms with Gasteiger partial charge in [-0.1, -0.05) is 41.9 Å². The van der Waals surface area contributed by atoms with E-state index in [-0.39, 0.29) is 6.61 Å². The highest BCUT2D eigenvalue weighted by Crippen LogP contribution is 2.37. The highest BCUT2D eigenvalue weighted by atomic mass is 79.9. The van der Waals surface area contributed by atoms with Crippen molar-refractivity contribution < 1.29 is 19.1 Å². The number of hydrazone groups is 1. The van der Waals surface area contributed by atoms with Gasteiger partial charge in [0.15, 0.2) is 11.5 Å². The first-order valence-corrected chi connectivity index (χ1v) is 12.0. The number of carbonyl (C=O) groups excluding carboxylic acids is 2. The third-order valence-corrected chi connectivity index (χ3v) is 5.85. The van der Waals surface area contributed by atoms with Crippen molar-refractivity contribution in [3.8, 4) is 11.5 Å². The lowest BCUT2D eigenvalue weighted by atomic mass is 10.1. The summed E-state index contributed by atoms with van der Waals surface area (Å²) in [5, 5.41) is 7.11. The van der Waals surface area contributed by atoms with Crippen LogP contribution in [0.3, 0.4) is 0 Å². The third-order valence-electron chi connectivity index (χ3n) is 4.89. The summed E-state index contributed by atoms with van der Waals surface area (Å²) in [6.07, 6.45) is 1.41. The molecule has 3 aromatic rings. The molecule has 0 bridgehead atoms. The molecule has 2 N–H and O–H groups in total. The van der Waals surface area contributed by atoms with E-state index in [2.05, 4.69) is 31.8 Å². The van der Waals surface area contributed by atoms with Gasteiger partial charge in [-0.2, -0.15) is 5.10 Å². The largest absolute Gasteiger partial charge is 0.490 e. The van der Waals surface area contributed by atoms with Crippen molar-refractivity contribution in [2.45, 2.75) is 27.4 Å². The fourth-order valence-corrected chi connectivity index (χ4v) is 3.86. The van der Waals surface area contributed by atoms with Gasteiger partial charge in [0, 0.05) is 16.3 Å². The molecule has 35 heavy (non-hydrogen) atoms. The van der Waals surface area contributed by atoms with Crippen LogP contribution in [0.5, 0.6) is 11.5 Å². The minimum atomic E-state index is -0.883. The Morgan fingerprint density at radius 3 is 2.57 bits per heavy atom. The second-order valence-corrected chi connectivity index (χ2v) is 8.88. The fourth-order valence-electron chi connectivity index (χ4n) is 3.10. The van der Waals surface area contributed by atoms with Crippen molar-refractivity contribution in [1.82, 2.24) is 5.43 Å². The zero-order valence-electron chi connectivity index (χ0n) is 19.5. The number of nitrogens with one attached hydrogen (secondary N) is 2. The van der Waals surface area contributed by atoms with E-state index in [0.717, 1.165) is 16.7 Å². The summed E-state index contributed by atoms with van der Waals surface area (Å²) in [6.45, 7) is 6.30. The molecule has 0 spiro atoms.